The fraction of sp³-hybridized carbons (Fsp3) is 0.500. The van der Waals surface area contributed by atoms with E-state index in [1.807, 2.05) is 0 Å². The molecule has 0 radical (unpaired) electrons. The molecule has 1 aliphatic rings. The second kappa shape index (κ2) is 3.34. The van der Waals surface area contributed by atoms with Gasteiger partial charge in [0.15, 0.2) is 0 Å². The zero-order chi connectivity index (χ0) is 7.52. The van der Waals surface area contributed by atoms with E-state index < -0.39 is 0 Å². The molecule has 0 spiro atoms. The van der Waals surface area contributed by atoms with Crippen LogP contribution in [0.2, 0.25) is 0 Å². The normalized spacial score (nSPS) is 25.3. The molecule has 0 saturated carbocycles. The molecule has 60 valence electrons. The Morgan fingerprint density at radius 2 is 2.45 bits per heavy atom. The quantitative estimate of drug-likeness (QED) is 0.653. The lowest BCUT2D eigenvalue weighted by Gasteiger charge is -2.23. The first-order valence-electron chi connectivity index (χ1n) is 3.93. The number of thiophene rings is 1. The van der Waals surface area contributed by atoms with Crippen LogP contribution in [0, 0.1) is 0 Å². The van der Waals surface area contributed by atoms with Gasteiger partial charge < -0.3 is 10.6 Å². The Balaban J connectivity index is 2.04. The summed E-state index contributed by atoms with van der Waals surface area (Å²) in [7, 11) is 0. The first-order valence-corrected chi connectivity index (χ1v) is 4.87. The molecule has 11 heavy (non-hydrogen) atoms. The van der Waals surface area contributed by atoms with Crippen molar-refractivity contribution >= 4 is 11.3 Å². The molecular weight excluding hydrogens is 156 g/mol. The Labute approximate surface area is 70.6 Å². The van der Waals surface area contributed by atoms with E-state index in [-0.39, 0.29) is 0 Å². The molecule has 1 aliphatic heterocycles. The summed E-state index contributed by atoms with van der Waals surface area (Å²) in [6, 6.07) is 2.73. The van der Waals surface area contributed by atoms with Gasteiger partial charge in [0.1, 0.15) is 0 Å². The number of hydrogen-bond acceptors (Lipinski definition) is 3. The third-order valence-electron chi connectivity index (χ3n) is 1.99. The van der Waals surface area contributed by atoms with Crippen LogP contribution < -0.4 is 10.6 Å². The summed E-state index contributed by atoms with van der Waals surface area (Å²) in [5, 5.41) is 11.2. The molecule has 2 heterocycles. The van der Waals surface area contributed by atoms with E-state index >= 15 is 0 Å². The fourth-order valence-corrected chi connectivity index (χ4v) is 2.08. The molecule has 3 heteroatoms. The van der Waals surface area contributed by atoms with E-state index in [2.05, 4.69) is 27.5 Å². The van der Waals surface area contributed by atoms with Gasteiger partial charge >= 0.3 is 0 Å². The second-order valence-electron chi connectivity index (χ2n) is 2.77. The monoisotopic (exact) mass is 168 g/mol. The highest BCUT2D eigenvalue weighted by atomic mass is 32.1. The molecule has 1 aromatic rings. The maximum absolute atomic E-state index is 3.47. The minimum atomic E-state index is 0.537. The minimum Gasteiger partial charge on any atom is -0.314 e. The molecular formula is C8H12N2S. The highest BCUT2D eigenvalue weighted by molar-refractivity contribution is 7.07. The molecule has 0 aliphatic carbocycles. The molecule has 1 aromatic heterocycles. The fourth-order valence-electron chi connectivity index (χ4n) is 1.36. The van der Waals surface area contributed by atoms with E-state index in [4.69, 9.17) is 0 Å². The van der Waals surface area contributed by atoms with Gasteiger partial charge in [-0.3, -0.25) is 0 Å². The van der Waals surface area contributed by atoms with Gasteiger partial charge in [-0.25, -0.2) is 0 Å². The van der Waals surface area contributed by atoms with Crippen molar-refractivity contribution < 1.29 is 0 Å². The number of nitrogens with one attached hydrogen (secondary N) is 2. The molecule has 2 nitrogen and oxygen atoms in total. The predicted molar refractivity (Wildman–Crippen MR) is 47.9 cm³/mol. The zero-order valence-corrected chi connectivity index (χ0v) is 7.16. The van der Waals surface area contributed by atoms with Gasteiger partial charge in [0.05, 0.1) is 0 Å². The van der Waals surface area contributed by atoms with Crippen LogP contribution in [0.5, 0.6) is 0 Å². The third-order valence-corrected chi connectivity index (χ3v) is 2.69. The molecule has 2 N–H and O–H groups in total. The Kier molecular flexibility index (Phi) is 2.21. The lowest BCUT2D eigenvalue weighted by molar-refractivity contribution is 0.431. The summed E-state index contributed by atoms with van der Waals surface area (Å²) in [6.07, 6.45) is 0. The Morgan fingerprint density at radius 3 is 3.09 bits per heavy atom. The van der Waals surface area contributed by atoms with Crippen LogP contribution in [-0.4, -0.2) is 19.6 Å². The second-order valence-corrected chi connectivity index (χ2v) is 3.55. The lowest BCUT2D eigenvalue weighted by atomic mass is 10.1. The highest BCUT2D eigenvalue weighted by Gasteiger charge is 2.13. The van der Waals surface area contributed by atoms with E-state index in [0.717, 1.165) is 19.6 Å². The van der Waals surface area contributed by atoms with Crippen LogP contribution in [0.15, 0.2) is 16.8 Å². The van der Waals surface area contributed by atoms with Crippen molar-refractivity contribution in [1.29, 1.82) is 0 Å². The maximum atomic E-state index is 3.47. The molecule has 1 atom stereocenters. The van der Waals surface area contributed by atoms with E-state index in [9.17, 15) is 0 Å². The maximum Gasteiger partial charge on any atom is 0.0455 e. The Hall–Kier alpha value is -0.380. The average Bonchev–Trinajstić information content (AvgIpc) is 2.58. The van der Waals surface area contributed by atoms with Gasteiger partial charge in [-0.1, -0.05) is 0 Å². The average molecular weight is 168 g/mol. The van der Waals surface area contributed by atoms with Gasteiger partial charge in [-0.2, -0.15) is 11.3 Å². The molecule has 1 fully saturated rings. The van der Waals surface area contributed by atoms with Gasteiger partial charge in [0.2, 0.25) is 0 Å². The van der Waals surface area contributed by atoms with Gasteiger partial charge in [0.25, 0.3) is 0 Å². The van der Waals surface area contributed by atoms with Gasteiger partial charge in [-0.15, -0.1) is 0 Å². The largest absolute Gasteiger partial charge is 0.314 e. The van der Waals surface area contributed by atoms with Crippen LogP contribution in [0.1, 0.15) is 11.6 Å². The van der Waals surface area contributed by atoms with Crippen LogP contribution in [0.4, 0.5) is 0 Å². The third kappa shape index (κ3) is 1.61. The number of hydrogen-bond donors (Lipinski definition) is 2. The summed E-state index contributed by atoms with van der Waals surface area (Å²) in [5.41, 5.74) is 1.42. The van der Waals surface area contributed by atoms with Crippen LogP contribution in [0.25, 0.3) is 0 Å². The van der Waals surface area contributed by atoms with Crippen molar-refractivity contribution in [3.05, 3.63) is 22.4 Å². The highest BCUT2D eigenvalue weighted by Crippen LogP contribution is 2.16. The smallest absolute Gasteiger partial charge is 0.0455 e. The summed E-state index contributed by atoms with van der Waals surface area (Å²) >= 11 is 1.77. The van der Waals surface area contributed by atoms with Crippen molar-refractivity contribution in [3.8, 4) is 0 Å². The molecule has 0 bridgehead atoms. The van der Waals surface area contributed by atoms with E-state index in [1.54, 1.807) is 11.3 Å². The SMILES string of the molecule is c1cc([C@H]2CNCCN2)cs1. The van der Waals surface area contributed by atoms with Crippen molar-refractivity contribution in [3.63, 3.8) is 0 Å². The summed E-state index contributed by atoms with van der Waals surface area (Å²) in [4.78, 5) is 0. The van der Waals surface area contributed by atoms with Crippen LogP contribution >= 0.6 is 11.3 Å². The van der Waals surface area contributed by atoms with Crippen LogP contribution in [-0.2, 0) is 0 Å². The van der Waals surface area contributed by atoms with Gasteiger partial charge in [0, 0.05) is 25.7 Å². The number of piperazine rings is 1. The molecule has 1 saturated heterocycles. The van der Waals surface area contributed by atoms with Crippen LogP contribution in [0.3, 0.4) is 0 Å². The summed E-state index contributed by atoms with van der Waals surface area (Å²) in [5.74, 6) is 0. The standard InChI is InChI=1S/C8H12N2S/c1-4-11-6-7(1)8-5-9-2-3-10-8/h1,4,6,8-10H,2-3,5H2/t8-/m1/s1. The van der Waals surface area contributed by atoms with Crippen molar-refractivity contribution in [2.45, 2.75) is 6.04 Å². The van der Waals surface area contributed by atoms with Crippen molar-refractivity contribution in [2.24, 2.45) is 0 Å². The lowest BCUT2D eigenvalue weighted by Crippen LogP contribution is -2.42. The summed E-state index contributed by atoms with van der Waals surface area (Å²) < 4.78 is 0. The Morgan fingerprint density at radius 1 is 1.45 bits per heavy atom. The zero-order valence-electron chi connectivity index (χ0n) is 6.34. The van der Waals surface area contributed by atoms with Crippen molar-refractivity contribution in [1.82, 2.24) is 10.6 Å². The topological polar surface area (TPSA) is 24.1 Å². The van der Waals surface area contributed by atoms with E-state index in [0.29, 0.717) is 6.04 Å². The Bertz CT molecular complexity index is 202. The first-order chi connectivity index (χ1) is 5.47. The predicted octanol–water partition coefficient (Wildman–Crippen LogP) is 0.982. The number of rotatable bonds is 1. The molecule has 2 rings (SSSR count). The first kappa shape index (κ1) is 7.28. The minimum absolute atomic E-state index is 0.537. The molecule has 0 aromatic carbocycles. The molecule has 0 unspecified atom stereocenters. The summed E-state index contributed by atoms with van der Waals surface area (Å²) in [6.45, 7) is 3.25. The molecule has 0 amide bonds. The van der Waals surface area contributed by atoms with Gasteiger partial charge in [-0.05, 0) is 22.4 Å². The van der Waals surface area contributed by atoms with E-state index in [1.165, 1.54) is 5.56 Å². The van der Waals surface area contributed by atoms with Crippen molar-refractivity contribution in [2.75, 3.05) is 19.6 Å².